The lowest BCUT2D eigenvalue weighted by Gasteiger charge is -2.12. The molecule has 0 heterocycles. The molecule has 1 nitrogen and oxygen atoms in total. The van der Waals surface area contributed by atoms with Gasteiger partial charge < -0.3 is 4.74 Å². The minimum absolute atomic E-state index is 0.181. The third-order valence-electron chi connectivity index (χ3n) is 2.72. The molecular weight excluding hydrogens is 244 g/mol. The number of benzene rings is 2. The smallest absolute Gasteiger partial charge is 0.120 e. The van der Waals surface area contributed by atoms with Gasteiger partial charge in [-0.2, -0.15) is 0 Å². The first-order valence-electron chi connectivity index (χ1n) is 6.09. The minimum Gasteiger partial charge on any atom is -0.491 e. The van der Waals surface area contributed by atoms with E-state index in [0.29, 0.717) is 0 Å². The fourth-order valence-electron chi connectivity index (χ4n) is 1.91. The van der Waals surface area contributed by atoms with Crippen molar-refractivity contribution in [3.05, 3.63) is 53.1 Å². The SMILES string of the molecule is Cc1ccc(Cl)cc1-c1cccc(OC(C)C)c1. The summed E-state index contributed by atoms with van der Waals surface area (Å²) < 4.78 is 5.71. The van der Waals surface area contributed by atoms with Crippen LogP contribution in [0.5, 0.6) is 5.75 Å². The molecule has 0 bridgehead atoms. The van der Waals surface area contributed by atoms with E-state index >= 15 is 0 Å². The normalized spacial score (nSPS) is 10.7. The first kappa shape index (κ1) is 13.0. The molecule has 0 N–H and O–H groups in total. The average molecular weight is 261 g/mol. The molecule has 0 saturated heterocycles. The van der Waals surface area contributed by atoms with Crippen LogP contribution in [0.2, 0.25) is 5.02 Å². The first-order chi connectivity index (χ1) is 8.56. The Morgan fingerprint density at radius 1 is 1.06 bits per heavy atom. The summed E-state index contributed by atoms with van der Waals surface area (Å²) in [6.07, 6.45) is 0.181. The number of hydrogen-bond acceptors (Lipinski definition) is 1. The van der Waals surface area contributed by atoms with Gasteiger partial charge in [-0.15, -0.1) is 0 Å². The molecule has 2 aromatic carbocycles. The van der Waals surface area contributed by atoms with Gasteiger partial charge in [-0.05, 0) is 61.7 Å². The number of rotatable bonds is 3. The molecule has 0 spiro atoms. The van der Waals surface area contributed by atoms with Crippen LogP contribution in [0.3, 0.4) is 0 Å². The van der Waals surface area contributed by atoms with Crippen LogP contribution in [0.1, 0.15) is 19.4 Å². The summed E-state index contributed by atoms with van der Waals surface area (Å²) >= 11 is 6.06. The van der Waals surface area contributed by atoms with Gasteiger partial charge in [0.25, 0.3) is 0 Å². The summed E-state index contributed by atoms with van der Waals surface area (Å²) in [4.78, 5) is 0. The van der Waals surface area contributed by atoms with Crippen molar-refractivity contribution in [1.29, 1.82) is 0 Å². The molecule has 0 atom stereocenters. The van der Waals surface area contributed by atoms with E-state index in [1.54, 1.807) is 0 Å². The largest absolute Gasteiger partial charge is 0.491 e. The van der Waals surface area contributed by atoms with Gasteiger partial charge in [0, 0.05) is 5.02 Å². The molecule has 18 heavy (non-hydrogen) atoms. The lowest BCUT2D eigenvalue weighted by atomic mass is 10.0. The number of halogens is 1. The molecular formula is C16H17ClO. The first-order valence-corrected chi connectivity index (χ1v) is 6.47. The molecule has 0 aliphatic carbocycles. The van der Waals surface area contributed by atoms with Gasteiger partial charge in [0.15, 0.2) is 0 Å². The van der Waals surface area contributed by atoms with Gasteiger partial charge in [-0.1, -0.05) is 29.8 Å². The van der Waals surface area contributed by atoms with E-state index in [1.165, 1.54) is 5.56 Å². The van der Waals surface area contributed by atoms with E-state index < -0.39 is 0 Å². The second-order valence-electron chi connectivity index (χ2n) is 4.65. The summed E-state index contributed by atoms with van der Waals surface area (Å²) in [6.45, 7) is 6.14. The lowest BCUT2D eigenvalue weighted by molar-refractivity contribution is 0.242. The highest BCUT2D eigenvalue weighted by molar-refractivity contribution is 6.30. The van der Waals surface area contributed by atoms with Crippen molar-refractivity contribution in [3.63, 3.8) is 0 Å². The van der Waals surface area contributed by atoms with Crippen molar-refractivity contribution in [2.45, 2.75) is 26.9 Å². The van der Waals surface area contributed by atoms with Crippen LogP contribution in [0, 0.1) is 6.92 Å². The number of hydrogen-bond donors (Lipinski definition) is 0. The summed E-state index contributed by atoms with van der Waals surface area (Å²) in [5.74, 6) is 0.891. The van der Waals surface area contributed by atoms with E-state index in [-0.39, 0.29) is 6.10 Å². The maximum Gasteiger partial charge on any atom is 0.120 e. The lowest BCUT2D eigenvalue weighted by Crippen LogP contribution is -2.05. The maximum atomic E-state index is 6.06. The molecule has 0 amide bonds. The number of aryl methyl sites for hydroxylation is 1. The molecule has 0 unspecified atom stereocenters. The van der Waals surface area contributed by atoms with Gasteiger partial charge in [-0.25, -0.2) is 0 Å². The zero-order valence-electron chi connectivity index (χ0n) is 10.9. The van der Waals surface area contributed by atoms with E-state index in [1.807, 2.05) is 44.2 Å². The van der Waals surface area contributed by atoms with Crippen molar-refractivity contribution < 1.29 is 4.74 Å². The standard InChI is InChI=1S/C16H17ClO/c1-11(2)18-15-6-4-5-13(9-15)16-10-14(17)8-7-12(16)3/h4-11H,1-3H3. The van der Waals surface area contributed by atoms with Crippen LogP contribution in [-0.4, -0.2) is 6.10 Å². The summed E-state index contributed by atoms with van der Waals surface area (Å²) in [6, 6.07) is 14.1. The summed E-state index contributed by atoms with van der Waals surface area (Å²) in [5.41, 5.74) is 3.49. The Labute approximate surface area is 113 Å². The Morgan fingerprint density at radius 2 is 1.83 bits per heavy atom. The average Bonchev–Trinajstić information content (AvgIpc) is 2.32. The predicted octanol–water partition coefficient (Wildman–Crippen LogP) is 5.10. The zero-order chi connectivity index (χ0) is 13.1. The maximum absolute atomic E-state index is 6.06. The van der Waals surface area contributed by atoms with Gasteiger partial charge in [0.1, 0.15) is 5.75 Å². The highest BCUT2D eigenvalue weighted by atomic mass is 35.5. The molecule has 2 aromatic rings. The van der Waals surface area contributed by atoms with E-state index in [4.69, 9.17) is 16.3 Å². The quantitative estimate of drug-likeness (QED) is 0.746. The Hall–Kier alpha value is -1.47. The summed E-state index contributed by atoms with van der Waals surface area (Å²) in [5, 5.41) is 0.755. The molecule has 0 saturated carbocycles. The van der Waals surface area contributed by atoms with Crippen LogP contribution < -0.4 is 4.74 Å². The van der Waals surface area contributed by atoms with Crippen molar-refractivity contribution in [2.24, 2.45) is 0 Å². The van der Waals surface area contributed by atoms with E-state index in [2.05, 4.69) is 19.1 Å². The second kappa shape index (κ2) is 5.45. The van der Waals surface area contributed by atoms with Crippen molar-refractivity contribution in [3.8, 4) is 16.9 Å². The van der Waals surface area contributed by atoms with Crippen LogP contribution in [0.15, 0.2) is 42.5 Å². The Balaban J connectivity index is 2.41. The second-order valence-corrected chi connectivity index (χ2v) is 5.09. The highest BCUT2D eigenvalue weighted by Crippen LogP contribution is 2.29. The van der Waals surface area contributed by atoms with Crippen LogP contribution >= 0.6 is 11.6 Å². The van der Waals surface area contributed by atoms with Crippen molar-refractivity contribution in [1.82, 2.24) is 0 Å². The Bertz CT molecular complexity index is 547. The molecule has 0 aromatic heterocycles. The van der Waals surface area contributed by atoms with Gasteiger partial charge in [-0.3, -0.25) is 0 Å². The van der Waals surface area contributed by atoms with Crippen molar-refractivity contribution in [2.75, 3.05) is 0 Å². The van der Waals surface area contributed by atoms with Crippen molar-refractivity contribution >= 4 is 11.6 Å². The van der Waals surface area contributed by atoms with E-state index in [9.17, 15) is 0 Å². The van der Waals surface area contributed by atoms with Crippen LogP contribution in [0.25, 0.3) is 11.1 Å². The molecule has 94 valence electrons. The molecule has 2 heteroatoms. The van der Waals surface area contributed by atoms with Gasteiger partial charge in [0.05, 0.1) is 6.10 Å². The third kappa shape index (κ3) is 3.05. The fraction of sp³-hybridized carbons (Fsp3) is 0.250. The van der Waals surface area contributed by atoms with E-state index in [0.717, 1.165) is 21.9 Å². The van der Waals surface area contributed by atoms with Gasteiger partial charge in [0.2, 0.25) is 0 Å². The minimum atomic E-state index is 0.181. The zero-order valence-corrected chi connectivity index (χ0v) is 11.7. The topological polar surface area (TPSA) is 9.23 Å². The third-order valence-corrected chi connectivity index (χ3v) is 2.95. The molecule has 0 aliphatic heterocycles. The fourth-order valence-corrected chi connectivity index (χ4v) is 2.09. The molecule has 0 fully saturated rings. The Kier molecular flexibility index (Phi) is 3.93. The highest BCUT2D eigenvalue weighted by Gasteiger charge is 2.05. The van der Waals surface area contributed by atoms with Gasteiger partial charge >= 0.3 is 0 Å². The predicted molar refractivity (Wildman–Crippen MR) is 77.4 cm³/mol. The Morgan fingerprint density at radius 3 is 2.56 bits per heavy atom. The molecule has 2 rings (SSSR count). The van der Waals surface area contributed by atoms with Crippen LogP contribution in [-0.2, 0) is 0 Å². The summed E-state index contributed by atoms with van der Waals surface area (Å²) in [7, 11) is 0. The monoisotopic (exact) mass is 260 g/mol. The van der Waals surface area contributed by atoms with Crippen LogP contribution in [0.4, 0.5) is 0 Å². The molecule has 0 radical (unpaired) electrons. The number of ether oxygens (including phenoxy) is 1. The molecule has 0 aliphatic rings.